The molecule has 0 aliphatic rings. The second-order valence-electron chi connectivity index (χ2n) is 3.97. The number of nitrogens with zero attached hydrogens (tertiary/aromatic N) is 4. The lowest BCUT2D eigenvalue weighted by Gasteiger charge is -2.03. The molecule has 0 aliphatic heterocycles. The van der Waals surface area contributed by atoms with Crippen molar-refractivity contribution in [3.63, 3.8) is 0 Å². The van der Waals surface area contributed by atoms with Crippen LogP contribution in [0, 0.1) is 0 Å². The summed E-state index contributed by atoms with van der Waals surface area (Å²) in [5.41, 5.74) is -0.552. The number of aryl methyl sites for hydroxylation is 2. The van der Waals surface area contributed by atoms with Gasteiger partial charge in [-0.2, -0.15) is 4.98 Å². The first-order valence-corrected chi connectivity index (χ1v) is 6.65. The van der Waals surface area contributed by atoms with Gasteiger partial charge >= 0.3 is 5.69 Å². The van der Waals surface area contributed by atoms with Crippen LogP contribution >= 0.6 is 0 Å². The molecule has 0 bridgehead atoms. The molecule has 0 aliphatic carbocycles. The maximum Gasteiger partial charge on any atom is 0.332 e. The van der Waals surface area contributed by atoms with Crippen LogP contribution in [0.5, 0.6) is 0 Å². The minimum atomic E-state index is -1.77. The molecule has 0 saturated heterocycles. The van der Waals surface area contributed by atoms with E-state index < -0.39 is 22.3 Å². The van der Waals surface area contributed by atoms with E-state index in [1.54, 1.807) is 14.0 Å². The second kappa shape index (κ2) is 4.74. The molecule has 0 N–H and O–H groups in total. The fourth-order valence-corrected chi connectivity index (χ4v) is 2.60. The lowest BCUT2D eigenvalue weighted by Crippen LogP contribution is -2.37. The normalized spacial score (nSPS) is 13.1. The summed E-state index contributed by atoms with van der Waals surface area (Å²) in [7, 11) is 4.45. The maximum atomic E-state index is 12.1. The monoisotopic (exact) mass is 286 g/mol. The van der Waals surface area contributed by atoms with Crippen molar-refractivity contribution in [1.82, 2.24) is 18.7 Å². The average molecular weight is 286 g/mol. The second-order valence-corrected chi connectivity index (χ2v) is 5.04. The van der Waals surface area contributed by atoms with Crippen molar-refractivity contribution >= 4 is 22.2 Å². The van der Waals surface area contributed by atoms with Crippen molar-refractivity contribution in [3.8, 4) is 0 Å². The van der Waals surface area contributed by atoms with Crippen molar-refractivity contribution in [2.75, 3.05) is 6.61 Å². The molecule has 1 atom stereocenters. The van der Waals surface area contributed by atoms with Crippen molar-refractivity contribution in [1.29, 1.82) is 0 Å². The Morgan fingerprint density at radius 2 is 1.79 bits per heavy atom. The van der Waals surface area contributed by atoms with Crippen LogP contribution in [0.2, 0.25) is 0 Å². The Hall–Kier alpha value is -1.74. The first kappa shape index (κ1) is 13.7. The first-order valence-electron chi connectivity index (χ1n) is 5.57. The SMILES string of the molecule is CCOS(=O)c1nc2c(c(=O)n(C)c(=O)n2C)n1C. The molecule has 0 amide bonds. The maximum absolute atomic E-state index is 12.1. The highest BCUT2D eigenvalue weighted by Crippen LogP contribution is 2.12. The van der Waals surface area contributed by atoms with E-state index in [9.17, 15) is 13.8 Å². The lowest BCUT2D eigenvalue weighted by atomic mass is 10.5. The number of imidazole rings is 1. The van der Waals surface area contributed by atoms with Gasteiger partial charge in [0.05, 0.1) is 6.61 Å². The van der Waals surface area contributed by atoms with Gasteiger partial charge in [0.2, 0.25) is 16.2 Å². The van der Waals surface area contributed by atoms with E-state index in [-0.39, 0.29) is 22.9 Å². The highest BCUT2D eigenvalue weighted by atomic mass is 32.2. The molecule has 8 nitrogen and oxygen atoms in total. The third-order valence-corrected chi connectivity index (χ3v) is 3.92. The van der Waals surface area contributed by atoms with Gasteiger partial charge in [-0.15, -0.1) is 0 Å². The predicted octanol–water partition coefficient (Wildman–Crippen LogP) is -0.970. The zero-order chi connectivity index (χ0) is 14.3. The number of hydrogen-bond acceptors (Lipinski definition) is 5. The predicted molar refractivity (Wildman–Crippen MR) is 69.2 cm³/mol. The van der Waals surface area contributed by atoms with Crippen LogP contribution in [0.1, 0.15) is 6.92 Å². The Bertz CT molecular complexity index is 785. The lowest BCUT2D eigenvalue weighted by molar-refractivity contribution is 0.367. The van der Waals surface area contributed by atoms with Gasteiger partial charge in [-0.05, 0) is 6.92 Å². The van der Waals surface area contributed by atoms with Crippen molar-refractivity contribution in [2.24, 2.45) is 21.1 Å². The Balaban J connectivity index is 2.89. The summed E-state index contributed by atoms with van der Waals surface area (Å²) in [6.45, 7) is 1.96. The van der Waals surface area contributed by atoms with Gasteiger partial charge in [-0.25, -0.2) is 9.00 Å². The van der Waals surface area contributed by atoms with Crippen LogP contribution in [0.15, 0.2) is 14.7 Å². The third-order valence-electron chi connectivity index (χ3n) is 2.81. The fraction of sp³-hybridized carbons (Fsp3) is 0.500. The number of hydrogen-bond donors (Lipinski definition) is 0. The summed E-state index contributed by atoms with van der Waals surface area (Å²) in [6, 6.07) is 0. The number of aromatic nitrogens is 4. The van der Waals surface area contributed by atoms with E-state index in [0.29, 0.717) is 0 Å². The minimum Gasteiger partial charge on any atom is -0.312 e. The van der Waals surface area contributed by atoms with Crippen LogP contribution in [0.4, 0.5) is 0 Å². The quantitative estimate of drug-likeness (QED) is 0.724. The first-order chi connectivity index (χ1) is 8.90. The van der Waals surface area contributed by atoms with E-state index in [1.807, 2.05) is 0 Å². The minimum absolute atomic E-state index is 0.107. The number of fused-ring (bicyclic) bond motifs is 1. The fourth-order valence-electron chi connectivity index (χ4n) is 1.81. The molecule has 0 saturated carbocycles. The van der Waals surface area contributed by atoms with Crippen LogP contribution in [0.3, 0.4) is 0 Å². The molecule has 2 aromatic rings. The Kier molecular flexibility index (Phi) is 3.42. The largest absolute Gasteiger partial charge is 0.332 e. The van der Waals surface area contributed by atoms with Crippen molar-refractivity contribution < 1.29 is 8.39 Å². The summed E-state index contributed by atoms with van der Waals surface area (Å²) in [6.07, 6.45) is 0. The molecule has 0 radical (unpaired) electrons. The average Bonchev–Trinajstić information content (AvgIpc) is 2.72. The van der Waals surface area contributed by atoms with Gasteiger partial charge in [-0.3, -0.25) is 18.1 Å². The van der Waals surface area contributed by atoms with Gasteiger partial charge in [0.25, 0.3) is 5.56 Å². The Labute approximate surface area is 110 Å². The van der Waals surface area contributed by atoms with Crippen molar-refractivity contribution in [2.45, 2.75) is 12.1 Å². The summed E-state index contributed by atoms with van der Waals surface area (Å²) in [5.74, 6) is 0. The molecule has 2 heterocycles. The summed E-state index contributed by atoms with van der Waals surface area (Å²) in [4.78, 5) is 27.9. The van der Waals surface area contributed by atoms with Gasteiger partial charge < -0.3 is 4.57 Å². The van der Waals surface area contributed by atoms with E-state index >= 15 is 0 Å². The van der Waals surface area contributed by atoms with Crippen LogP contribution in [0.25, 0.3) is 11.2 Å². The zero-order valence-electron chi connectivity index (χ0n) is 11.0. The Morgan fingerprint density at radius 1 is 1.16 bits per heavy atom. The molecule has 2 rings (SSSR count). The summed E-state index contributed by atoms with van der Waals surface area (Å²) in [5, 5.41) is 0.107. The molecule has 9 heteroatoms. The van der Waals surface area contributed by atoms with E-state index in [4.69, 9.17) is 4.18 Å². The van der Waals surface area contributed by atoms with Gasteiger partial charge in [0.1, 0.15) is 0 Å². The molecular weight excluding hydrogens is 272 g/mol. The highest BCUT2D eigenvalue weighted by molar-refractivity contribution is 7.80. The summed E-state index contributed by atoms with van der Waals surface area (Å²) < 4.78 is 20.4. The van der Waals surface area contributed by atoms with E-state index in [2.05, 4.69) is 4.98 Å². The molecule has 19 heavy (non-hydrogen) atoms. The van der Waals surface area contributed by atoms with E-state index in [0.717, 1.165) is 4.57 Å². The Morgan fingerprint density at radius 3 is 2.37 bits per heavy atom. The van der Waals surface area contributed by atoms with Crippen LogP contribution in [-0.4, -0.2) is 29.5 Å². The molecule has 0 spiro atoms. The molecule has 2 aromatic heterocycles. The third kappa shape index (κ3) is 1.94. The van der Waals surface area contributed by atoms with E-state index in [1.165, 1.54) is 23.2 Å². The topological polar surface area (TPSA) is 88.1 Å². The molecule has 104 valence electrons. The van der Waals surface area contributed by atoms with Crippen LogP contribution < -0.4 is 11.2 Å². The van der Waals surface area contributed by atoms with Crippen molar-refractivity contribution in [3.05, 3.63) is 20.8 Å². The summed E-state index contributed by atoms with van der Waals surface area (Å²) >= 11 is -1.77. The highest BCUT2D eigenvalue weighted by Gasteiger charge is 2.20. The van der Waals surface area contributed by atoms with Gasteiger partial charge in [0, 0.05) is 21.1 Å². The van der Waals surface area contributed by atoms with Crippen LogP contribution in [-0.2, 0) is 36.4 Å². The van der Waals surface area contributed by atoms with Gasteiger partial charge in [0.15, 0.2) is 11.2 Å². The molecule has 1 unspecified atom stereocenters. The molecule has 0 aromatic carbocycles. The number of rotatable bonds is 3. The smallest absolute Gasteiger partial charge is 0.312 e. The zero-order valence-corrected chi connectivity index (χ0v) is 11.9. The molecule has 0 fully saturated rings. The molecular formula is C10H14N4O4S. The van der Waals surface area contributed by atoms with Gasteiger partial charge in [-0.1, -0.05) is 0 Å². The standard InChI is InChI=1S/C10H14N4O4S/c1-5-18-19(17)9-11-7-6(12(9)2)8(15)14(4)10(16)13(7)3/h5H2,1-4H3.